The number of aryl methyl sites for hydroxylation is 1. The molecule has 0 heterocycles. The van der Waals surface area contributed by atoms with Crippen molar-refractivity contribution in [3.8, 4) is 23.3 Å². The van der Waals surface area contributed by atoms with Crippen LogP contribution in [0.1, 0.15) is 11.1 Å². The van der Waals surface area contributed by atoms with E-state index < -0.39 is 15.9 Å². The highest BCUT2D eigenvalue weighted by Crippen LogP contribution is 2.38. The molecule has 0 atom stereocenters. The van der Waals surface area contributed by atoms with Crippen molar-refractivity contribution in [3.05, 3.63) is 77.4 Å². The second-order valence-electron chi connectivity index (χ2n) is 7.58. The maximum Gasteiger partial charge on any atom is 0.266 e. The minimum absolute atomic E-state index is 0.0227. The van der Waals surface area contributed by atoms with Crippen LogP contribution in [-0.2, 0) is 14.8 Å². The molecular formula is C26H25N3O6S. The number of hydrogen-bond acceptors (Lipinski definition) is 7. The number of rotatable bonds is 9. The third-order valence-corrected chi connectivity index (χ3v) is 6.49. The number of nitriles is 1. The second kappa shape index (κ2) is 11.3. The zero-order chi connectivity index (χ0) is 26.3. The summed E-state index contributed by atoms with van der Waals surface area (Å²) in [5.74, 6) is 0.459. The van der Waals surface area contributed by atoms with Gasteiger partial charge in [-0.15, -0.1) is 0 Å². The number of carbonyl (C=O) groups is 1. The van der Waals surface area contributed by atoms with Crippen molar-refractivity contribution >= 4 is 33.4 Å². The normalized spacial score (nSPS) is 11.2. The summed E-state index contributed by atoms with van der Waals surface area (Å²) in [6.07, 6.45) is 1.38. The minimum Gasteiger partial charge on any atom is -0.493 e. The first-order valence-corrected chi connectivity index (χ1v) is 12.1. The summed E-state index contributed by atoms with van der Waals surface area (Å²) < 4.78 is 43.7. The summed E-state index contributed by atoms with van der Waals surface area (Å²) in [5, 5.41) is 12.1. The molecule has 9 nitrogen and oxygen atoms in total. The van der Waals surface area contributed by atoms with Crippen LogP contribution in [0.3, 0.4) is 0 Å². The van der Waals surface area contributed by atoms with Crippen LogP contribution in [0, 0.1) is 18.3 Å². The molecule has 0 aliphatic carbocycles. The van der Waals surface area contributed by atoms with Gasteiger partial charge in [-0.05, 0) is 67.1 Å². The van der Waals surface area contributed by atoms with Crippen molar-refractivity contribution in [1.29, 1.82) is 5.26 Å². The molecule has 0 aliphatic rings. The molecule has 1 amide bonds. The van der Waals surface area contributed by atoms with Gasteiger partial charge in [0.15, 0.2) is 11.5 Å². The number of carbonyl (C=O) groups excluding carboxylic acids is 1. The Balaban J connectivity index is 1.78. The van der Waals surface area contributed by atoms with Crippen molar-refractivity contribution in [1.82, 2.24) is 0 Å². The quantitative estimate of drug-likeness (QED) is 0.325. The highest BCUT2D eigenvalue weighted by molar-refractivity contribution is 7.92. The highest BCUT2D eigenvalue weighted by Gasteiger charge is 2.17. The third kappa shape index (κ3) is 6.14. The van der Waals surface area contributed by atoms with E-state index in [-0.39, 0.29) is 10.5 Å². The molecule has 3 aromatic rings. The molecule has 36 heavy (non-hydrogen) atoms. The number of anilines is 2. The van der Waals surface area contributed by atoms with E-state index in [1.165, 1.54) is 51.7 Å². The van der Waals surface area contributed by atoms with Gasteiger partial charge in [0.2, 0.25) is 5.75 Å². The Morgan fingerprint density at radius 3 is 1.94 bits per heavy atom. The molecule has 10 heteroatoms. The van der Waals surface area contributed by atoms with Gasteiger partial charge in [0.25, 0.3) is 15.9 Å². The Kier molecular flexibility index (Phi) is 8.19. The maximum atomic E-state index is 12.7. The van der Waals surface area contributed by atoms with E-state index in [1.807, 2.05) is 13.0 Å². The summed E-state index contributed by atoms with van der Waals surface area (Å²) in [6.45, 7) is 1.91. The predicted octanol–water partition coefficient (Wildman–Crippen LogP) is 4.37. The summed E-state index contributed by atoms with van der Waals surface area (Å²) in [4.78, 5) is 12.7. The fourth-order valence-corrected chi connectivity index (χ4v) is 4.31. The van der Waals surface area contributed by atoms with Gasteiger partial charge in [0.1, 0.15) is 11.6 Å². The van der Waals surface area contributed by atoms with Crippen LogP contribution in [0.5, 0.6) is 17.2 Å². The Bertz CT molecular complexity index is 1400. The van der Waals surface area contributed by atoms with E-state index in [0.717, 1.165) is 5.56 Å². The molecule has 0 saturated carbocycles. The van der Waals surface area contributed by atoms with Crippen LogP contribution in [-0.4, -0.2) is 35.7 Å². The van der Waals surface area contributed by atoms with Crippen molar-refractivity contribution in [2.45, 2.75) is 11.8 Å². The van der Waals surface area contributed by atoms with Gasteiger partial charge in [-0.1, -0.05) is 17.7 Å². The van der Waals surface area contributed by atoms with Gasteiger partial charge < -0.3 is 19.5 Å². The fourth-order valence-electron chi connectivity index (χ4n) is 3.25. The number of nitrogens with zero attached hydrogens (tertiary/aromatic N) is 1. The first-order chi connectivity index (χ1) is 17.2. The molecule has 0 aliphatic heterocycles. The van der Waals surface area contributed by atoms with E-state index in [1.54, 1.807) is 36.4 Å². The number of benzene rings is 3. The van der Waals surface area contributed by atoms with Crippen LogP contribution in [0.4, 0.5) is 11.4 Å². The zero-order valence-corrected chi connectivity index (χ0v) is 21.0. The molecule has 0 aromatic heterocycles. The van der Waals surface area contributed by atoms with Gasteiger partial charge in [-0.3, -0.25) is 9.52 Å². The SMILES string of the molecule is COc1cc(/C=C(\C#N)C(=O)Nc2ccc(S(=O)(=O)Nc3ccc(C)cc3)cc2)cc(OC)c1OC. The lowest BCUT2D eigenvalue weighted by atomic mass is 10.1. The zero-order valence-electron chi connectivity index (χ0n) is 20.2. The lowest BCUT2D eigenvalue weighted by Crippen LogP contribution is -2.15. The van der Waals surface area contributed by atoms with Gasteiger partial charge in [-0.2, -0.15) is 5.26 Å². The van der Waals surface area contributed by atoms with Gasteiger partial charge in [-0.25, -0.2) is 8.42 Å². The first-order valence-electron chi connectivity index (χ1n) is 10.6. The number of methoxy groups -OCH3 is 3. The second-order valence-corrected chi connectivity index (χ2v) is 9.26. The summed E-state index contributed by atoms with van der Waals surface area (Å²) in [6, 6.07) is 17.6. The van der Waals surface area contributed by atoms with Gasteiger partial charge in [0.05, 0.1) is 26.2 Å². The van der Waals surface area contributed by atoms with E-state index >= 15 is 0 Å². The van der Waals surface area contributed by atoms with Crippen LogP contribution in [0.2, 0.25) is 0 Å². The number of nitrogens with one attached hydrogen (secondary N) is 2. The smallest absolute Gasteiger partial charge is 0.266 e. The van der Waals surface area contributed by atoms with Crippen molar-refractivity contribution in [3.63, 3.8) is 0 Å². The van der Waals surface area contributed by atoms with E-state index in [2.05, 4.69) is 10.0 Å². The molecule has 2 N–H and O–H groups in total. The molecule has 186 valence electrons. The lowest BCUT2D eigenvalue weighted by molar-refractivity contribution is -0.112. The van der Waals surface area contributed by atoms with Crippen LogP contribution < -0.4 is 24.2 Å². The summed E-state index contributed by atoms with van der Waals surface area (Å²) >= 11 is 0. The van der Waals surface area contributed by atoms with E-state index in [4.69, 9.17) is 14.2 Å². The van der Waals surface area contributed by atoms with Crippen LogP contribution >= 0.6 is 0 Å². The Labute approximate surface area is 210 Å². The Morgan fingerprint density at radius 1 is 0.889 bits per heavy atom. The topological polar surface area (TPSA) is 127 Å². The molecule has 0 saturated heterocycles. The Morgan fingerprint density at radius 2 is 1.44 bits per heavy atom. The minimum atomic E-state index is -3.81. The monoisotopic (exact) mass is 507 g/mol. The van der Waals surface area contributed by atoms with Crippen molar-refractivity contribution < 1.29 is 27.4 Å². The average Bonchev–Trinajstić information content (AvgIpc) is 2.88. The molecule has 0 fully saturated rings. The molecule has 0 unspecified atom stereocenters. The molecular weight excluding hydrogens is 482 g/mol. The van der Waals surface area contributed by atoms with E-state index in [9.17, 15) is 18.5 Å². The highest BCUT2D eigenvalue weighted by atomic mass is 32.2. The molecule has 0 spiro atoms. The number of hydrogen-bond donors (Lipinski definition) is 2. The van der Waals surface area contributed by atoms with Gasteiger partial charge in [0, 0.05) is 11.4 Å². The lowest BCUT2D eigenvalue weighted by Gasteiger charge is -2.13. The molecule has 0 radical (unpaired) electrons. The summed E-state index contributed by atoms with van der Waals surface area (Å²) in [7, 11) is 0.581. The average molecular weight is 508 g/mol. The first kappa shape index (κ1) is 26.1. The predicted molar refractivity (Wildman–Crippen MR) is 137 cm³/mol. The standard InChI is InChI=1S/C26H25N3O6S/c1-17-5-7-21(8-6-17)29-36(31,32)22-11-9-20(10-12-22)28-26(30)19(16-27)13-18-14-23(33-2)25(35-4)24(15-18)34-3/h5-15,29H,1-4H3,(H,28,30)/b19-13+. The summed E-state index contributed by atoms with van der Waals surface area (Å²) in [5.41, 5.74) is 2.07. The van der Waals surface area contributed by atoms with Crippen LogP contribution in [0.15, 0.2) is 71.1 Å². The number of amides is 1. The van der Waals surface area contributed by atoms with Crippen LogP contribution in [0.25, 0.3) is 6.08 Å². The third-order valence-electron chi connectivity index (χ3n) is 5.09. The molecule has 0 bridgehead atoms. The fraction of sp³-hybridized carbons (Fsp3) is 0.154. The van der Waals surface area contributed by atoms with Crippen molar-refractivity contribution in [2.75, 3.05) is 31.4 Å². The Hall–Kier alpha value is -4.49. The molecule has 3 aromatic carbocycles. The molecule has 3 rings (SSSR count). The van der Waals surface area contributed by atoms with E-state index in [0.29, 0.717) is 34.2 Å². The number of sulfonamides is 1. The maximum absolute atomic E-state index is 12.7. The largest absolute Gasteiger partial charge is 0.493 e. The van der Waals surface area contributed by atoms with Gasteiger partial charge >= 0.3 is 0 Å². The van der Waals surface area contributed by atoms with Crippen molar-refractivity contribution in [2.24, 2.45) is 0 Å². The number of ether oxygens (including phenoxy) is 3.